The van der Waals surface area contributed by atoms with Crippen LogP contribution in [0.2, 0.25) is 5.02 Å². The molecule has 0 N–H and O–H groups in total. The summed E-state index contributed by atoms with van der Waals surface area (Å²) in [4.78, 5) is 11.1. The Bertz CT molecular complexity index is 355. The Kier molecular flexibility index (Phi) is 3.92. The minimum absolute atomic E-state index is 0.0170. The van der Waals surface area contributed by atoms with Crippen LogP contribution in [-0.2, 0) is 11.2 Å². The van der Waals surface area contributed by atoms with Gasteiger partial charge in [0.25, 0.3) is 0 Å². The maximum absolute atomic E-state index is 11.1. The summed E-state index contributed by atoms with van der Waals surface area (Å²) in [5.41, 5.74) is 1.10. The molecule has 1 rings (SSSR count). The fourth-order valence-electron chi connectivity index (χ4n) is 1.89. The number of hydrogen-bond donors (Lipinski definition) is 0. The highest BCUT2D eigenvalue weighted by Gasteiger charge is 2.21. The molecule has 15 heavy (non-hydrogen) atoms. The minimum atomic E-state index is -0.0170. The number of rotatable bonds is 4. The molecule has 0 saturated heterocycles. The van der Waals surface area contributed by atoms with E-state index in [9.17, 15) is 4.79 Å². The van der Waals surface area contributed by atoms with E-state index in [1.807, 2.05) is 24.3 Å². The summed E-state index contributed by atoms with van der Waals surface area (Å²) in [6, 6.07) is 7.81. The van der Waals surface area contributed by atoms with Gasteiger partial charge in [-0.15, -0.1) is 0 Å². The van der Waals surface area contributed by atoms with Gasteiger partial charge in [0.1, 0.15) is 5.78 Å². The Balaban J connectivity index is 2.77. The molecule has 0 spiro atoms. The van der Waals surface area contributed by atoms with Gasteiger partial charge in [0, 0.05) is 11.4 Å². The third kappa shape index (κ3) is 4.05. The molecule has 0 saturated carbocycles. The highest BCUT2D eigenvalue weighted by atomic mass is 35.5. The molecule has 0 atom stereocenters. The second-order valence-electron chi connectivity index (χ2n) is 4.81. The number of Topliss-reactive ketones (excluding diaryl/α,β-unsaturated/α-hetero) is 1. The first-order valence-electron chi connectivity index (χ1n) is 5.13. The van der Waals surface area contributed by atoms with Crippen molar-refractivity contribution >= 4 is 17.4 Å². The van der Waals surface area contributed by atoms with Gasteiger partial charge in [0.15, 0.2) is 0 Å². The van der Waals surface area contributed by atoms with Crippen molar-refractivity contribution in [2.45, 2.75) is 33.6 Å². The number of carbonyl (C=O) groups excluding carboxylic acids is 1. The number of halogens is 1. The summed E-state index contributed by atoms with van der Waals surface area (Å²) >= 11 is 6.08. The molecule has 0 aliphatic rings. The lowest BCUT2D eigenvalue weighted by molar-refractivity contribution is -0.118. The van der Waals surface area contributed by atoms with E-state index in [2.05, 4.69) is 13.8 Å². The molecule has 0 heterocycles. The number of hydrogen-bond acceptors (Lipinski definition) is 1. The number of benzene rings is 1. The van der Waals surface area contributed by atoms with Gasteiger partial charge >= 0.3 is 0 Å². The summed E-state index contributed by atoms with van der Waals surface area (Å²) in [7, 11) is 0. The van der Waals surface area contributed by atoms with Crippen molar-refractivity contribution in [3.63, 3.8) is 0 Å². The van der Waals surface area contributed by atoms with Crippen molar-refractivity contribution in [2.24, 2.45) is 5.41 Å². The van der Waals surface area contributed by atoms with Crippen LogP contribution in [0.25, 0.3) is 0 Å². The van der Waals surface area contributed by atoms with Crippen molar-refractivity contribution < 1.29 is 4.79 Å². The van der Waals surface area contributed by atoms with E-state index in [1.165, 1.54) is 0 Å². The van der Waals surface area contributed by atoms with Crippen molar-refractivity contribution in [3.05, 3.63) is 34.9 Å². The SMILES string of the molecule is CC(=O)CC(C)(C)Cc1ccccc1Cl. The molecule has 1 aromatic carbocycles. The van der Waals surface area contributed by atoms with Crippen molar-refractivity contribution in [1.82, 2.24) is 0 Å². The molecule has 0 radical (unpaired) electrons. The molecule has 0 aliphatic carbocycles. The number of carbonyl (C=O) groups is 1. The Labute approximate surface area is 96.5 Å². The summed E-state index contributed by atoms with van der Waals surface area (Å²) in [6.07, 6.45) is 1.43. The van der Waals surface area contributed by atoms with Crippen LogP contribution in [0.1, 0.15) is 32.8 Å². The summed E-state index contributed by atoms with van der Waals surface area (Å²) in [5, 5.41) is 0.786. The third-order valence-corrected chi connectivity index (χ3v) is 2.72. The van der Waals surface area contributed by atoms with E-state index in [0.717, 1.165) is 17.0 Å². The van der Waals surface area contributed by atoms with Crippen LogP contribution in [0.15, 0.2) is 24.3 Å². The zero-order chi connectivity index (χ0) is 11.5. The molecule has 1 aromatic rings. The first-order valence-corrected chi connectivity index (χ1v) is 5.51. The average molecular weight is 225 g/mol. The van der Waals surface area contributed by atoms with E-state index >= 15 is 0 Å². The second kappa shape index (κ2) is 4.80. The second-order valence-corrected chi connectivity index (χ2v) is 5.22. The molecular formula is C13H17ClO. The normalized spacial score (nSPS) is 11.5. The van der Waals surface area contributed by atoms with Crippen LogP contribution in [-0.4, -0.2) is 5.78 Å². The van der Waals surface area contributed by atoms with Crippen molar-refractivity contribution in [1.29, 1.82) is 0 Å². The zero-order valence-electron chi connectivity index (χ0n) is 9.51. The maximum Gasteiger partial charge on any atom is 0.130 e. The van der Waals surface area contributed by atoms with E-state index in [1.54, 1.807) is 6.92 Å². The standard InChI is InChI=1S/C13H17ClO/c1-10(15)8-13(2,3)9-11-6-4-5-7-12(11)14/h4-7H,8-9H2,1-3H3. The van der Waals surface area contributed by atoms with Crippen LogP contribution in [0, 0.1) is 5.41 Å². The quantitative estimate of drug-likeness (QED) is 0.759. The van der Waals surface area contributed by atoms with E-state index in [0.29, 0.717) is 6.42 Å². The van der Waals surface area contributed by atoms with Gasteiger partial charge in [-0.2, -0.15) is 0 Å². The Hall–Kier alpha value is -0.820. The fraction of sp³-hybridized carbons (Fsp3) is 0.462. The summed E-state index contributed by atoms with van der Waals surface area (Å²) in [6.45, 7) is 5.82. The monoisotopic (exact) mass is 224 g/mol. The lowest BCUT2D eigenvalue weighted by Crippen LogP contribution is -2.18. The van der Waals surface area contributed by atoms with Crippen LogP contribution in [0.4, 0.5) is 0 Å². The minimum Gasteiger partial charge on any atom is -0.300 e. The summed E-state index contributed by atoms with van der Waals surface area (Å²) < 4.78 is 0. The van der Waals surface area contributed by atoms with E-state index < -0.39 is 0 Å². The van der Waals surface area contributed by atoms with Gasteiger partial charge < -0.3 is 4.79 Å². The maximum atomic E-state index is 11.1. The average Bonchev–Trinajstić information content (AvgIpc) is 2.06. The molecule has 0 unspecified atom stereocenters. The van der Waals surface area contributed by atoms with Gasteiger partial charge in [0.2, 0.25) is 0 Å². The first-order chi connectivity index (χ1) is 6.91. The fourth-order valence-corrected chi connectivity index (χ4v) is 2.10. The van der Waals surface area contributed by atoms with Crippen molar-refractivity contribution in [3.8, 4) is 0 Å². The van der Waals surface area contributed by atoms with Gasteiger partial charge in [-0.1, -0.05) is 43.6 Å². The smallest absolute Gasteiger partial charge is 0.130 e. The molecule has 82 valence electrons. The lowest BCUT2D eigenvalue weighted by Gasteiger charge is -2.23. The molecule has 0 bridgehead atoms. The molecule has 1 nitrogen and oxygen atoms in total. The van der Waals surface area contributed by atoms with Gasteiger partial charge in [0.05, 0.1) is 0 Å². The van der Waals surface area contributed by atoms with Gasteiger partial charge in [-0.25, -0.2) is 0 Å². The van der Waals surface area contributed by atoms with Crippen LogP contribution >= 0.6 is 11.6 Å². The zero-order valence-corrected chi connectivity index (χ0v) is 10.3. The Morgan fingerprint density at radius 2 is 1.93 bits per heavy atom. The molecule has 0 aromatic heterocycles. The lowest BCUT2D eigenvalue weighted by atomic mass is 9.81. The highest BCUT2D eigenvalue weighted by molar-refractivity contribution is 6.31. The van der Waals surface area contributed by atoms with Crippen LogP contribution in [0.3, 0.4) is 0 Å². The molecule has 2 heteroatoms. The predicted molar refractivity (Wildman–Crippen MR) is 64.2 cm³/mol. The van der Waals surface area contributed by atoms with Gasteiger partial charge in [-0.05, 0) is 30.4 Å². The first kappa shape index (κ1) is 12.3. The van der Waals surface area contributed by atoms with Crippen LogP contribution < -0.4 is 0 Å². The van der Waals surface area contributed by atoms with Crippen molar-refractivity contribution in [2.75, 3.05) is 0 Å². The topological polar surface area (TPSA) is 17.1 Å². The van der Waals surface area contributed by atoms with E-state index in [4.69, 9.17) is 11.6 Å². The summed E-state index contributed by atoms with van der Waals surface area (Å²) in [5.74, 6) is 0.229. The van der Waals surface area contributed by atoms with Gasteiger partial charge in [-0.3, -0.25) is 0 Å². The predicted octanol–water partition coefficient (Wildman–Crippen LogP) is 3.89. The molecule has 0 amide bonds. The third-order valence-electron chi connectivity index (χ3n) is 2.35. The molecule has 0 aliphatic heterocycles. The van der Waals surface area contributed by atoms with E-state index in [-0.39, 0.29) is 11.2 Å². The Morgan fingerprint density at radius 3 is 2.47 bits per heavy atom. The number of ketones is 1. The highest BCUT2D eigenvalue weighted by Crippen LogP contribution is 2.29. The Morgan fingerprint density at radius 1 is 1.33 bits per heavy atom. The van der Waals surface area contributed by atoms with Crippen LogP contribution in [0.5, 0.6) is 0 Å². The molecular weight excluding hydrogens is 208 g/mol. The molecule has 0 fully saturated rings. The largest absolute Gasteiger partial charge is 0.300 e.